The van der Waals surface area contributed by atoms with Crippen LogP contribution in [0.25, 0.3) is 11.2 Å². The van der Waals surface area contributed by atoms with Crippen molar-refractivity contribution < 1.29 is 8.78 Å². The first kappa shape index (κ1) is 10.5. The van der Waals surface area contributed by atoms with Crippen LogP contribution >= 0.6 is 0 Å². The van der Waals surface area contributed by atoms with E-state index in [-0.39, 0.29) is 11.2 Å². The Morgan fingerprint density at radius 2 is 1.88 bits per heavy atom. The van der Waals surface area contributed by atoms with E-state index in [2.05, 4.69) is 9.97 Å². The van der Waals surface area contributed by atoms with Crippen molar-refractivity contribution in [3.8, 4) is 0 Å². The number of nitrogens with zero attached hydrogens (tertiary/aromatic N) is 3. The molecule has 2 aromatic heterocycles. The average molecular weight is 230 g/mol. The quantitative estimate of drug-likeness (QED) is 0.743. The van der Waals surface area contributed by atoms with Crippen LogP contribution in [0.2, 0.25) is 0 Å². The molecule has 0 aliphatic carbocycles. The first-order chi connectivity index (χ1) is 7.43. The lowest BCUT2D eigenvalue weighted by Crippen LogP contribution is -2.33. The number of aromatic nitrogens is 4. The lowest BCUT2D eigenvalue weighted by atomic mass is 10.5. The molecule has 0 spiro atoms. The molecule has 0 unspecified atom stereocenters. The Kier molecular flexibility index (Phi) is 2.14. The normalized spacial score (nSPS) is 11.6. The van der Waals surface area contributed by atoms with Crippen LogP contribution in [0, 0.1) is 0 Å². The van der Waals surface area contributed by atoms with Crippen molar-refractivity contribution in [1.29, 1.82) is 0 Å². The maximum absolute atomic E-state index is 12.5. The van der Waals surface area contributed by atoms with Gasteiger partial charge in [0, 0.05) is 14.1 Å². The number of nitrogens with one attached hydrogen (secondary N) is 1. The van der Waals surface area contributed by atoms with Crippen molar-refractivity contribution in [2.45, 2.75) is 6.43 Å². The van der Waals surface area contributed by atoms with Crippen LogP contribution in [0.4, 0.5) is 8.78 Å². The molecule has 2 heterocycles. The van der Waals surface area contributed by atoms with E-state index in [1.807, 2.05) is 0 Å². The smallest absolute Gasteiger partial charge is 0.320 e. The van der Waals surface area contributed by atoms with Crippen LogP contribution < -0.4 is 11.2 Å². The predicted octanol–water partition coefficient (Wildman–Crippen LogP) is -0.102. The largest absolute Gasteiger partial charge is 0.329 e. The van der Waals surface area contributed by atoms with Crippen molar-refractivity contribution in [3.63, 3.8) is 0 Å². The summed E-state index contributed by atoms with van der Waals surface area (Å²) in [6.07, 6.45) is -2.80. The number of alkyl halides is 2. The van der Waals surface area contributed by atoms with Gasteiger partial charge in [-0.05, 0) is 0 Å². The van der Waals surface area contributed by atoms with Gasteiger partial charge in [0.05, 0.1) is 0 Å². The van der Waals surface area contributed by atoms with Crippen LogP contribution in [0.5, 0.6) is 0 Å². The molecule has 0 amide bonds. The third kappa shape index (κ3) is 1.26. The van der Waals surface area contributed by atoms with Gasteiger partial charge in [0.1, 0.15) is 0 Å². The molecule has 1 N–H and O–H groups in total. The molecule has 8 heteroatoms. The van der Waals surface area contributed by atoms with Gasteiger partial charge >= 0.3 is 5.69 Å². The van der Waals surface area contributed by atoms with Gasteiger partial charge < -0.3 is 4.57 Å². The number of H-pyrrole nitrogens is 1. The molecule has 0 aliphatic rings. The van der Waals surface area contributed by atoms with E-state index in [1.54, 1.807) is 0 Å². The third-order valence-electron chi connectivity index (χ3n) is 2.36. The lowest BCUT2D eigenvalue weighted by Gasteiger charge is -1.99. The molecule has 86 valence electrons. The van der Waals surface area contributed by atoms with Gasteiger partial charge in [-0.3, -0.25) is 14.3 Å². The maximum Gasteiger partial charge on any atom is 0.329 e. The van der Waals surface area contributed by atoms with E-state index in [1.165, 1.54) is 14.1 Å². The summed E-state index contributed by atoms with van der Waals surface area (Å²) < 4.78 is 26.8. The number of imidazole rings is 1. The molecule has 0 radical (unpaired) electrons. The number of rotatable bonds is 1. The second-order valence-corrected chi connectivity index (χ2v) is 3.32. The van der Waals surface area contributed by atoms with E-state index in [4.69, 9.17) is 0 Å². The SMILES string of the molecule is Cn1c(=O)[nH]c2nc(C(F)F)n(C)c2c1=O. The van der Waals surface area contributed by atoms with Gasteiger partial charge in [-0.25, -0.2) is 18.6 Å². The molecule has 0 fully saturated rings. The zero-order valence-corrected chi connectivity index (χ0v) is 8.49. The molecule has 0 saturated carbocycles. The summed E-state index contributed by atoms with van der Waals surface area (Å²) in [5.74, 6) is -0.547. The molecule has 0 atom stereocenters. The number of hydrogen-bond acceptors (Lipinski definition) is 3. The summed E-state index contributed by atoms with van der Waals surface area (Å²) in [5, 5.41) is 0. The summed E-state index contributed by atoms with van der Waals surface area (Å²) in [4.78, 5) is 28.6. The van der Waals surface area contributed by atoms with Crippen molar-refractivity contribution in [2.75, 3.05) is 0 Å². The number of fused-ring (bicyclic) bond motifs is 1. The molecule has 0 aromatic carbocycles. The topological polar surface area (TPSA) is 72.7 Å². The summed E-state index contributed by atoms with van der Waals surface area (Å²) in [6.45, 7) is 0. The second-order valence-electron chi connectivity index (χ2n) is 3.32. The molecule has 0 bridgehead atoms. The highest BCUT2D eigenvalue weighted by Gasteiger charge is 2.19. The zero-order valence-electron chi connectivity index (χ0n) is 8.49. The van der Waals surface area contributed by atoms with E-state index in [0.717, 1.165) is 9.13 Å². The van der Waals surface area contributed by atoms with Crippen molar-refractivity contribution in [2.24, 2.45) is 14.1 Å². The number of aromatic amines is 1. The first-order valence-corrected chi connectivity index (χ1v) is 4.37. The van der Waals surface area contributed by atoms with Gasteiger partial charge in [-0.2, -0.15) is 0 Å². The monoisotopic (exact) mass is 230 g/mol. The van der Waals surface area contributed by atoms with E-state index in [0.29, 0.717) is 0 Å². The Bertz CT molecular complexity index is 667. The fraction of sp³-hybridized carbons (Fsp3) is 0.375. The molecular formula is C8H8F2N4O2. The zero-order chi connectivity index (χ0) is 12.0. The van der Waals surface area contributed by atoms with Gasteiger partial charge in [0.2, 0.25) is 0 Å². The molecule has 16 heavy (non-hydrogen) atoms. The van der Waals surface area contributed by atoms with Crippen LogP contribution in [0.3, 0.4) is 0 Å². The van der Waals surface area contributed by atoms with Crippen LogP contribution in [-0.2, 0) is 14.1 Å². The predicted molar refractivity (Wildman–Crippen MR) is 51.5 cm³/mol. The minimum absolute atomic E-state index is 0.0441. The van der Waals surface area contributed by atoms with E-state index in [9.17, 15) is 18.4 Å². The third-order valence-corrected chi connectivity index (χ3v) is 2.36. The molecule has 6 nitrogen and oxygen atoms in total. The Hall–Kier alpha value is -1.99. The van der Waals surface area contributed by atoms with Gasteiger partial charge in [0.25, 0.3) is 12.0 Å². The number of hydrogen-bond donors (Lipinski definition) is 1. The summed E-state index contributed by atoms with van der Waals surface area (Å²) in [7, 11) is 2.56. The summed E-state index contributed by atoms with van der Waals surface area (Å²) in [6, 6.07) is 0. The highest BCUT2D eigenvalue weighted by atomic mass is 19.3. The van der Waals surface area contributed by atoms with Crippen molar-refractivity contribution in [3.05, 3.63) is 26.7 Å². The Balaban J connectivity index is 2.99. The maximum atomic E-state index is 12.5. The molecule has 2 aromatic rings. The molecule has 2 rings (SSSR count). The number of halogens is 2. The first-order valence-electron chi connectivity index (χ1n) is 4.37. The van der Waals surface area contributed by atoms with Crippen LogP contribution in [-0.4, -0.2) is 19.1 Å². The Labute approximate surface area is 87.2 Å². The lowest BCUT2D eigenvalue weighted by molar-refractivity contribution is 0.137. The van der Waals surface area contributed by atoms with Gasteiger partial charge in [0.15, 0.2) is 17.0 Å². The fourth-order valence-electron chi connectivity index (χ4n) is 1.48. The van der Waals surface area contributed by atoms with Crippen LogP contribution in [0.1, 0.15) is 12.2 Å². The van der Waals surface area contributed by atoms with Gasteiger partial charge in [-0.1, -0.05) is 0 Å². The average Bonchev–Trinajstić information content (AvgIpc) is 2.52. The standard InChI is InChI=1S/C8H8F2N4O2/c1-13-3-5(11-6(13)4(9)10)12-8(16)14(2)7(3)15/h4H,1-2H3,(H,12,16). The summed E-state index contributed by atoms with van der Waals surface area (Å²) >= 11 is 0. The van der Waals surface area contributed by atoms with E-state index >= 15 is 0 Å². The minimum atomic E-state index is -2.80. The minimum Gasteiger partial charge on any atom is -0.320 e. The Morgan fingerprint density at radius 1 is 1.25 bits per heavy atom. The highest BCUT2D eigenvalue weighted by molar-refractivity contribution is 5.70. The van der Waals surface area contributed by atoms with E-state index < -0.39 is 23.5 Å². The van der Waals surface area contributed by atoms with Crippen molar-refractivity contribution >= 4 is 11.2 Å². The molecule has 0 saturated heterocycles. The van der Waals surface area contributed by atoms with Gasteiger partial charge in [-0.15, -0.1) is 0 Å². The summed E-state index contributed by atoms with van der Waals surface area (Å²) in [5.41, 5.74) is -1.50. The highest BCUT2D eigenvalue weighted by Crippen LogP contribution is 2.19. The molecular weight excluding hydrogens is 222 g/mol. The number of aryl methyl sites for hydroxylation is 1. The van der Waals surface area contributed by atoms with Crippen molar-refractivity contribution in [1.82, 2.24) is 19.1 Å². The molecule has 0 aliphatic heterocycles. The second kappa shape index (κ2) is 3.26. The van der Waals surface area contributed by atoms with Crippen LogP contribution in [0.15, 0.2) is 9.59 Å². The Morgan fingerprint density at radius 3 is 2.44 bits per heavy atom. The fourth-order valence-corrected chi connectivity index (χ4v) is 1.48.